The molecule has 0 amide bonds. The summed E-state index contributed by atoms with van der Waals surface area (Å²) in [5.74, 6) is -2.24. The highest BCUT2D eigenvalue weighted by Crippen LogP contribution is 2.25. The van der Waals surface area contributed by atoms with E-state index in [9.17, 15) is 14.3 Å². The van der Waals surface area contributed by atoms with Gasteiger partial charge in [0.25, 0.3) is 0 Å². The van der Waals surface area contributed by atoms with E-state index in [-0.39, 0.29) is 12.2 Å². The Bertz CT molecular complexity index is 607. The van der Waals surface area contributed by atoms with Crippen molar-refractivity contribution in [3.63, 3.8) is 0 Å². The van der Waals surface area contributed by atoms with Gasteiger partial charge in [-0.15, -0.1) is 0 Å². The van der Waals surface area contributed by atoms with Gasteiger partial charge in [-0.05, 0) is 40.0 Å². The number of rotatable bonds is 4. The van der Waals surface area contributed by atoms with Crippen LogP contribution in [0.15, 0.2) is 41.3 Å². The summed E-state index contributed by atoms with van der Waals surface area (Å²) in [6.45, 7) is 0. The molecule has 0 saturated carbocycles. The number of benzene rings is 1. The van der Waals surface area contributed by atoms with Gasteiger partial charge in [0.15, 0.2) is 0 Å². The maximum absolute atomic E-state index is 13.1. The maximum Gasteiger partial charge on any atom is 0.312 e. The predicted molar refractivity (Wildman–Crippen MR) is 70.2 cm³/mol. The summed E-state index contributed by atoms with van der Waals surface area (Å²) in [5.41, 5.74) is 0.990. The molecule has 6 heteroatoms. The monoisotopic (exact) mass is 324 g/mol. The van der Waals surface area contributed by atoms with Crippen LogP contribution in [-0.2, 0) is 11.2 Å². The van der Waals surface area contributed by atoms with Gasteiger partial charge in [-0.25, -0.2) is 14.4 Å². The van der Waals surface area contributed by atoms with Gasteiger partial charge in [-0.3, -0.25) is 4.79 Å². The molecular formula is C13H10BrFN2O2. The summed E-state index contributed by atoms with van der Waals surface area (Å²) in [6, 6.07) is 5.89. The molecule has 0 fully saturated rings. The van der Waals surface area contributed by atoms with E-state index < -0.39 is 11.9 Å². The number of aromatic nitrogens is 2. The van der Waals surface area contributed by atoms with Crippen LogP contribution in [0.1, 0.15) is 17.2 Å². The zero-order chi connectivity index (χ0) is 13.8. The van der Waals surface area contributed by atoms with Crippen LogP contribution in [0.4, 0.5) is 4.39 Å². The zero-order valence-electron chi connectivity index (χ0n) is 9.75. The van der Waals surface area contributed by atoms with Crippen molar-refractivity contribution < 1.29 is 14.3 Å². The minimum absolute atomic E-state index is 0.169. The highest BCUT2D eigenvalue weighted by Gasteiger charge is 2.24. The van der Waals surface area contributed by atoms with Crippen molar-refractivity contribution in [1.29, 1.82) is 0 Å². The molecule has 0 aliphatic rings. The minimum Gasteiger partial charge on any atom is -0.481 e. The van der Waals surface area contributed by atoms with E-state index >= 15 is 0 Å². The molecule has 1 aromatic heterocycles. The lowest BCUT2D eigenvalue weighted by Gasteiger charge is -2.13. The Hall–Kier alpha value is -1.82. The Morgan fingerprint density at radius 1 is 1.47 bits per heavy atom. The number of halogens is 2. The molecule has 0 radical (unpaired) electrons. The molecule has 1 atom stereocenters. The largest absolute Gasteiger partial charge is 0.481 e. The van der Waals surface area contributed by atoms with Crippen molar-refractivity contribution in [3.8, 4) is 0 Å². The predicted octanol–water partition coefficient (Wildman–Crippen LogP) is 2.79. The van der Waals surface area contributed by atoms with Gasteiger partial charge in [0.1, 0.15) is 18.1 Å². The smallest absolute Gasteiger partial charge is 0.312 e. The molecule has 1 N–H and O–H groups in total. The Morgan fingerprint density at radius 3 is 2.89 bits per heavy atom. The second kappa shape index (κ2) is 5.88. The number of carbonyl (C=O) groups is 1. The second-order valence-corrected chi connectivity index (χ2v) is 4.84. The van der Waals surface area contributed by atoms with Crippen molar-refractivity contribution in [2.24, 2.45) is 0 Å². The molecule has 2 aromatic rings. The molecule has 1 unspecified atom stereocenters. The average molecular weight is 325 g/mol. The quantitative estimate of drug-likeness (QED) is 0.939. The fraction of sp³-hybridized carbons (Fsp3) is 0.154. The summed E-state index contributed by atoms with van der Waals surface area (Å²) in [5, 5.41) is 9.31. The number of hydrogen-bond acceptors (Lipinski definition) is 3. The SMILES string of the molecule is O=C(O)C(Cc1cccc(F)c1)c1ncncc1Br. The van der Waals surface area contributed by atoms with Crippen molar-refractivity contribution in [2.45, 2.75) is 12.3 Å². The Morgan fingerprint density at radius 2 is 2.26 bits per heavy atom. The first-order valence-electron chi connectivity index (χ1n) is 5.50. The highest BCUT2D eigenvalue weighted by molar-refractivity contribution is 9.10. The molecule has 0 saturated heterocycles. The number of nitrogens with zero attached hydrogens (tertiary/aromatic N) is 2. The number of carboxylic acid groups (broad SMARTS) is 1. The molecule has 4 nitrogen and oxygen atoms in total. The van der Waals surface area contributed by atoms with E-state index in [1.54, 1.807) is 12.1 Å². The Balaban J connectivity index is 2.32. The van der Waals surface area contributed by atoms with Crippen LogP contribution >= 0.6 is 15.9 Å². The van der Waals surface area contributed by atoms with Gasteiger partial charge in [0.05, 0.1) is 10.2 Å². The first-order valence-corrected chi connectivity index (χ1v) is 6.30. The number of carboxylic acids is 1. The van der Waals surface area contributed by atoms with Crippen molar-refractivity contribution in [3.05, 3.63) is 58.3 Å². The molecule has 1 aromatic carbocycles. The lowest BCUT2D eigenvalue weighted by molar-refractivity contribution is -0.138. The lowest BCUT2D eigenvalue weighted by atomic mass is 9.96. The molecule has 0 spiro atoms. The van der Waals surface area contributed by atoms with E-state index in [4.69, 9.17) is 0 Å². The summed E-state index contributed by atoms with van der Waals surface area (Å²) >= 11 is 3.23. The Kier molecular flexibility index (Phi) is 4.21. The second-order valence-electron chi connectivity index (χ2n) is 3.98. The molecule has 1 heterocycles. The van der Waals surface area contributed by atoms with Gasteiger partial charge in [-0.1, -0.05) is 12.1 Å². The Labute approximate surface area is 117 Å². The third kappa shape index (κ3) is 3.35. The summed E-state index contributed by atoms with van der Waals surface area (Å²) < 4.78 is 13.6. The van der Waals surface area contributed by atoms with Crippen LogP contribution in [0.3, 0.4) is 0 Å². The van der Waals surface area contributed by atoms with Crippen LogP contribution in [0.5, 0.6) is 0 Å². The van der Waals surface area contributed by atoms with Crippen LogP contribution in [-0.4, -0.2) is 21.0 Å². The molecule has 0 aliphatic heterocycles. The first-order chi connectivity index (χ1) is 9.08. The average Bonchev–Trinajstić information content (AvgIpc) is 2.37. The summed E-state index contributed by atoms with van der Waals surface area (Å²) in [4.78, 5) is 19.1. The topological polar surface area (TPSA) is 63.1 Å². The molecule has 0 aliphatic carbocycles. The highest BCUT2D eigenvalue weighted by atomic mass is 79.9. The van der Waals surface area contributed by atoms with Gasteiger partial charge < -0.3 is 5.11 Å². The van der Waals surface area contributed by atoms with Gasteiger partial charge in [-0.2, -0.15) is 0 Å². The molecule has 19 heavy (non-hydrogen) atoms. The van der Waals surface area contributed by atoms with E-state index in [1.165, 1.54) is 24.7 Å². The van der Waals surface area contributed by atoms with E-state index in [0.717, 1.165) is 0 Å². The van der Waals surface area contributed by atoms with Crippen molar-refractivity contribution >= 4 is 21.9 Å². The van der Waals surface area contributed by atoms with Gasteiger partial charge in [0, 0.05) is 6.20 Å². The molecule has 2 rings (SSSR count). The van der Waals surface area contributed by atoms with E-state index in [0.29, 0.717) is 15.7 Å². The molecule has 0 bridgehead atoms. The fourth-order valence-corrected chi connectivity index (χ4v) is 2.28. The zero-order valence-corrected chi connectivity index (χ0v) is 11.3. The van der Waals surface area contributed by atoms with Crippen LogP contribution in [0.2, 0.25) is 0 Å². The molecule has 98 valence electrons. The first kappa shape index (κ1) is 13.6. The molecular weight excluding hydrogens is 315 g/mol. The summed E-state index contributed by atoms with van der Waals surface area (Å²) in [7, 11) is 0. The third-order valence-corrected chi connectivity index (χ3v) is 3.26. The van der Waals surface area contributed by atoms with E-state index in [2.05, 4.69) is 25.9 Å². The fourth-order valence-electron chi connectivity index (χ4n) is 1.78. The van der Waals surface area contributed by atoms with E-state index in [1.807, 2.05) is 0 Å². The maximum atomic E-state index is 13.1. The summed E-state index contributed by atoms with van der Waals surface area (Å²) in [6.07, 6.45) is 2.95. The van der Waals surface area contributed by atoms with Crippen molar-refractivity contribution in [1.82, 2.24) is 9.97 Å². The van der Waals surface area contributed by atoms with Gasteiger partial charge >= 0.3 is 5.97 Å². The number of hydrogen-bond donors (Lipinski definition) is 1. The van der Waals surface area contributed by atoms with Crippen LogP contribution < -0.4 is 0 Å². The minimum atomic E-state index is -1.01. The van der Waals surface area contributed by atoms with Gasteiger partial charge in [0.2, 0.25) is 0 Å². The third-order valence-electron chi connectivity index (χ3n) is 2.65. The normalized spacial score (nSPS) is 12.1. The van der Waals surface area contributed by atoms with Crippen molar-refractivity contribution in [2.75, 3.05) is 0 Å². The lowest BCUT2D eigenvalue weighted by Crippen LogP contribution is -2.16. The standard InChI is InChI=1S/C13H10BrFN2O2/c14-11-6-16-7-17-12(11)10(13(18)19)5-8-2-1-3-9(15)4-8/h1-4,6-7,10H,5H2,(H,18,19). The van der Waals surface area contributed by atoms with Crippen LogP contribution in [0.25, 0.3) is 0 Å². The number of aliphatic carboxylic acids is 1. The van der Waals surface area contributed by atoms with Crippen LogP contribution in [0, 0.1) is 5.82 Å².